The molecule has 0 bridgehead atoms. The van der Waals surface area contributed by atoms with E-state index in [0.29, 0.717) is 137 Å². The van der Waals surface area contributed by atoms with Gasteiger partial charge in [0.25, 0.3) is 0 Å². The SMILES string of the molecule is C=C.C=C.C=C.C=C.CC(O)COCC(COCCCO)(COCCCO)COCC(C)O.CCCCOC(COCCCO)COCC(COCC(C)O)OCCCO.CCOC(COCC(COCCCO)OCCCO)COCC(COCC(COCC(COCC(COCO)OCO)OCO)OCO)OCCCO. The first-order valence-electron chi connectivity index (χ1n) is 38.8. The highest BCUT2D eigenvalue weighted by Crippen LogP contribution is 2.22. The first-order valence-corrected chi connectivity index (χ1v) is 38.8. The summed E-state index contributed by atoms with van der Waals surface area (Å²) < 4.78 is 123. The van der Waals surface area contributed by atoms with Crippen LogP contribution in [0.3, 0.4) is 0 Å². The molecule has 11 atom stereocenters. The van der Waals surface area contributed by atoms with Crippen LogP contribution in [0.4, 0.5) is 0 Å². The molecule has 0 aromatic rings. The fourth-order valence-electron chi connectivity index (χ4n) is 8.40. The molecule has 0 aliphatic heterocycles. The van der Waals surface area contributed by atoms with Crippen molar-refractivity contribution < 1.29 is 176 Å². The summed E-state index contributed by atoms with van der Waals surface area (Å²) in [4.78, 5) is 0. The second-order valence-electron chi connectivity index (χ2n) is 24.3. The largest absolute Gasteiger partial charge is 0.396 e. The molecule has 0 fully saturated rings. The van der Waals surface area contributed by atoms with E-state index < -0.39 is 75.3 Å². The molecule has 0 aromatic heterocycles. The van der Waals surface area contributed by atoms with Gasteiger partial charge in [-0.3, -0.25) is 0 Å². The average Bonchev–Trinajstić information content (AvgIpc) is 0.867. The van der Waals surface area contributed by atoms with Gasteiger partial charge in [-0.15, -0.1) is 52.6 Å². The van der Waals surface area contributed by atoms with Gasteiger partial charge in [-0.1, -0.05) is 13.3 Å². The molecule has 0 radical (unpaired) electrons. The maximum Gasteiger partial charge on any atom is 0.144 e. The molecule has 0 amide bonds. The first kappa shape index (κ1) is 124. The molecule has 0 aliphatic carbocycles. The Morgan fingerprint density at radius 3 is 0.664 bits per heavy atom. The Balaban J connectivity index is -0.000000313. The van der Waals surface area contributed by atoms with Crippen LogP contribution in [-0.4, -0.2) is 423 Å². The summed E-state index contributed by atoms with van der Waals surface area (Å²) in [5.74, 6) is 0. The number of hydrogen-bond donors (Lipinski definition) is 14. The van der Waals surface area contributed by atoms with Gasteiger partial charge >= 0.3 is 0 Å². The maximum atomic E-state index is 9.38. The minimum atomic E-state index is -0.667. The van der Waals surface area contributed by atoms with Crippen LogP contribution in [0.15, 0.2) is 52.6 Å². The quantitative estimate of drug-likeness (QED) is 0.0229. The Labute approximate surface area is 675 Å². The van der Waals surface area contributed by atoms with Crippen molar-refractivity contribution in [2.75, 3.05) is 285 Å². The van der Waals surface area contributed by atoms with Gasteiger partial charge in [0, 0.05) is 106 Å². The first-order chi connectivity index (χ1) is 55.1. The van der Waals surface area contributed by atoms with Gasteiger partial charge in [0.1, 0.15) is 76.0 Å². The second-order valence-corrected chi connectivity index (χ2v) is 24.3. The van der Waals surface area contributed by atoms with Crippen molar-refractivity contribution in [3.05, 3.63) is 52.6 Å². The fraction of sp³-hybridized carbons (Fsp3) is 0.896. The summed E-state index contributed by atoms with van der Waals surface area (Å²) in [5, 5.41) is 127. The zero-order chi connectivity index (χ0) is 86.2. The van der Waals surface area contributed by atoms with E-state index in [9.17, 15) is 30.6 Å². The predicted molar refractivity (Wildman–Crippen MR) is 423 cm³/mol. The Bertz CT molecular complexity index is 1670. The average molecular weight is 1660 g/mol. The van der Waals surface area contributed by atoms with Crippen LogP contribution >= 0.6 is 0 Å². The van der Waals surface area contributed by atoms with Gasteiger partial charge in [-0.05, 0) is 79.1 Å². The highest BCUT2D eigenvalue weighted by Gasteiger charge is 2.33. The Morgan fingerprint density at radius 2 is 0.425 bits per heavy atom. The van der Waals surface area contributed by atoms with Crippen LogP contribution in [0.1, 0.15) is 92.4 Å². The highest BCUT2D eigenvalue weighted by atomic mass is 16.7. The molecule has 0 aliphatic rings. The van der Waals surface area contributed by atoms with E-state index in [1.54, 1.807) is 20.8 Å². The van der Waals surface area contributed by atoms with E-state index in [4.69, 9.17) is 145 Å². The van der Waals surface area contributed by atoms with E-state index in [1.807, 2.05) is 6.92 Å². The molecule has 0 spiro atoms. The lowest BCUT2D eigenvalue weighted by molar-refractivity contribution is -0.154. The fourth-order valence-corrected chi connectivity index (χ4v) is 8.40. The number of unbranched alkanes of at least 4 members (excludes halogenated alkanes) is 1. The van der Waals surface area contributed by atoms with Crippen LogP contribution in [0.5, 0.6) is 0 Å². The molecule has 0 saturated heterocycles. The van der Waals surface area contributed by atoms with Gasteiger partial charge < -0.3 is 176 Å². The van der Waals surface area contributed by atoms with E-state index in [2.05, 4.69) is 59.6 Å². The Hall–Kier alpha value is -2.48. The molecule has 36 nitrogen and oxygen atoms in total. The molecule has 0 saturated carbocycles. The van der Waals surface area contributed by atoms with Crippen LogP contribution in [0, 0.1) is 5.41 Å². The number of aliphatic hydroxyl groups excluding tert-OH is 14. The third kappa shape index (κ3) is 94.9. The summed E-state index contributed by atoms with van der Waals surface area (Å²) in [6.07, 6.45) is 0.341. The van der Waals surface area contributed by atoms with Gasteiger partial charge in [0.2, 0.25) is 0 Å². The van der Waals surface area contributed by atoms with Gasteiger partial charge in [-0.2, -0.15) is 0 Å². The molecule has 11 unspecified atom stereocenters. The number of rotatable bonds is 83. The van der Waals surface area contributed by atoms with Crippen molar-refractivity contribution >= 4 is 0 Å². The lowest BCUT2D eigenvalue weighted by Gasteiger charge is -2.33. The Kier molecular flexibility index (Phi) is 116. The number of ether oxygens (including phenoxy) is 22. The summed E-state index contributed by atoms with van der Waals surface area (Å²) in [7, 11) is 0. The zero-order valence-corrected chi connectivity index (χ0v) is 69.5. The van der Waals surface area contributed by atoms with Crippen molar-refractivity contribution in [2.24, 2.45) is 5.41 Å². The molecule has 113 heavy (non-hydrogen) atoms. The molecule has 36 heteroatoms. The maximum absolute atomic E-state index is 9.38. The van der Waals surface area contributed by atoms with E-state index in [-0.39, 0.29) is 190 Å². The van der Waals surface area contributed by atoms with Crippen LogP contribution in [0.2, 0.25) is 0 Å². The smallest absolute Gasteiger partial charge is 0.144 e. The predicted octanol–water partition coefficient (Wildman–Crippen LogP) is 0.907. The molecule has 0 heterocycles. The topological polar surface area (TPSA) is 486 Å². The zero-order valence-electron chi connectivity index (χ0n) is 69.5. The van der Waals surface area contributed by atoms with Crippen molar-refractivity contribution in [2.45, 2.75) is 160 Å². The normalized spacial score (nSPS) is 14.2. The number of hydrogen-bond acceptors (Lipinski definition) is 36. The van der Waals surface area contributed by atoms with Crippen molar-refractivity contribution in [1.29, 1.82) is 0 Å². The van der Waals surface area contributed by atoms with Crippen molar-refractivity contribution in [1.82, 2.24) is 0 Å². The molecular weight excluding hydrogens is 1500 g/mol. The lowest BCUT2D eigenvalue weighted by atomic mass is 9.92. The van der Waals surface area contributed by atoms with Crippen LogP contribution in [0.25, 0.3) is 0 Å². The summed E-state index contributed by atoms with van der Waals surface area (Å²) in [6.45, 7) is 39.3. The summed E-state index contributed by atoms with van der Waals surface area (Å²) in [5.41, 5.74) is -0.602. The summed E-state index contributed by atoms with van der Waals surface area (Å²) in [6, 6.07) is 0. The molecule has 0 aromatic carbocycles. The van der Waals surface area contributed by atoms with E-state index in [1.165, 1.54) is 0 Å². The third-order valence-corrected chi connectivity index (χ3v) is 13.6. The van der Waals surface area contributed by atoms with Crippen LogP contribution in [-0.2, 0) is 104 Å². The van der Waals surface area contributed by atoms with Gasteiger partial charge in [0.15, 0.2) is 0 Å². The summed E-state index contributed by atoms with van der Waals surface area (Å²) >= 11 is 0. The molecule has 684 valence electrons. The third-order valence-electron chi connectivity index (χ3n) is 13.6. The highest BCUT2D eigenvalue weighted by molar-refractivity contribution is 4.80. The van der Waals surface area contributed by atoms with E-state index in [0.717, 1.165) is 12.8 Å². The molecular formula is C77H160O36. The van der Waals surface area contributed by atoms with Crippen molar-refractivity contribution in [3.63, 3.8) is 0 Å². The standard InChI is InChI=1S/C33H68O20.C19H40O8.C17H36O8.4C2H4/c1-2-48-28(13-42-15-29(49-10-4-7-35)12-41-9-3-6-34)14-43-16-30(50-11-5-8-36)17-44-18-31(51-25-38)19-45-20-32(52-26-39)21-46-22-33(53-27-40)23-47-24-37;1-3-4-10-26-18(13-23-9-5-7-20)15-25-16-19(27-11-6-8-21)14-24-12-17(2)22;1-15(20)9-24-13-17(11-22-7-3-5-18,12-23-8-4-6-19)14-25-10-16(2)21;4*1-2/h28-40H,2-27H2,1H3;17-22H,3-16H2,1-2H3;15-16,18-21H,3-14H2,1-2H3;4*1-2H2. The lowest BCUT2D eigenvalue weighted by Crippen LogP contribution is -2.43. The monoisotopic (exact) mass is 1660 g/mol. The minimum Gasteiger partial charge on any atom is -0.396 e. The van der Waals surface area contributed by atoms with Crippen LogP contribution < -0.4 is 0 Å². The second kappa shape index (κ2) is 106. The number of aliphatic hydroxyl groups is 14. The van der Waals surface area contributed by atoms with Gasteiger partial charge in [-0.25, -0.2) is 0 Å². The molecule has 0 rings (SSSR count). The molecule has 14 N–H and O–H groups in total. The minimum absolute atomic E-state index is 0.00347. The Morgan fingerprint density at radius 1 is 0.221 bits per heavy atom. The van der Waals surface area contributed by atoms with Crippen molar-refractivity contribution in [3.8, 4) is 0 Å². The van der Waals surface area contributed by atoms with E-state index >= 15 is 0 Å². The van der Waals surface area contributed by atoms with Gasteiger partial charge in [0.05, 0.1) is 176 Å².